The normalized spacial score (nSPS) is 20.7. The van der Waals surface area contributed by atoms with Crippen molar-refractivity contribution in [1.82, 2.24) is 0 Å². The monoisotopic (exact) mass is 953 g/mol. The van der Waals surface area contributed by atoms with Crippen molar-refractivity contribution in [3.05, 3.63) is 48.6 Å². The summed E-state index contributed by atoms with van der Waals surface area (Å²) in [6.45, 7) is 1.36. The summed E-state index contributed by atoms with van der Waals surface area (Å²) in [7, 11) is -9.78. The Balaban J connectivity index is 2.56. The fourth-order valence-electron chi connectivity index (χ4n) is 7.17. The maximum absolute atomic E-state index is 12.8. The Labute approximate surface area is 382 Å². The first-order chi connectivity index (χ1) is 30.6. The third-order valence-electron chi connectivity index (χ3n) is 10.8. The van der Waals surface area contributed by atoms with Crippen LogP contribution in [-0.4, -0.2) is 104 Å². The second kappa shape index (κ2) is 37.0. The number of phosphoric acid groups is 2. The molecule has 1 fully saturated rings. The quantitative estimate of drug-likeness (QED) is 0.0131. The average molecular weight is 953 g/mol. The Morgan fingerprint density at radius 1 is 0.641 bits per heavy atom. The van der Waals surface area contributed by atoms with E-state index in [0.29, 0.717) is 38.5 Å². The first-order valence-corrected chi connectivity index (χ1v) is 26.6. The molecule has 0 saturated heterocycles. The van der Waals surface area contributed by atoms with Crippen molar-refractivity contribution < 1.29 is 76.9 Å². The summed E-state index contributed by atoms with van der Waals surface area (Å²) in [5.74, 6) is -1.63. The Bertz CT molecular complexity index is 1430. The number of rotatable bonds is 40. The summed E-state index contributed by atoms with van der Waals surface area (Å²) in [6.07, 6.45) is 30.3. The van der Waals surface area contributed by atoms with Gasteiger partial charge in [0.2, 0.25) is 0 Å². The number of ether oxygens (including phenoxy) is 2. The third kappa shape index (κ3) is 33.4. The van der Waals surface area contributed by atoms with Crippen molar-refractivity contribution in [2.45, 2.75) is 192 Å². The smallest absolute Gasteiger partial charge is 0.462 e. The molecule has 1 aliphatic rings. The second-order valence-corrected chi connectivity index (χ2v) is 19.3. The van der Waals surface area contributed by atoms with Gasteiger partial charge in [-0.15, -0.1) is 0 Å². The van der Waals surface area contributed by atoms with E-state index in [1.807, 2.05) is 18.2 Å². The van der Waals surface area contributed by atoms with E-state index in [0.717, 1.165) is 51.4 Å². The first kappa shape index (κ1) is 60.0. The Morgan fingerprint density at radius 2 is 1.20 bits per heavy atom. The van der Waals surface area contributed by atoms with Crippen LogP contribution in [0.5, 0.6) is 0 Å². The van der Waals surface area contributed by atoms with Crippen LogP contribution in [0, 0.1) is 11.8 Å². The van der Waals surface area contributed by atoms with Gasteiger partial charge in [-0.05, 0) is 63.7 Å². The van der Waals surface area contributed by atoms with Gasteiger partial charge in [0.1, 0.15) is 12.7 Å². The van der Waals surface area contributed by atoms with Crippen molar-refractivity contribution in [3.8, 4) is 0 Å². The number of esters is 2. The highest BCUT2D eigenvalue weighted by Crippen LogP contribution is 2.44. The Morgan fingerprint density at radius 3 is 1.89 bits per heavy atom. The number of carbonyl (C=O) groups is 2. The minimum atomic E-state index is -4.90. The van der Waals surface area contributed by atoms with Gasteiger partial charge in [0.15, 0.2) is 6.10 Å². The molecule has 0 heterocycles. The molecule has 372 valence electrons. The minimum Gasteiger partial charge on any atom is -0.462 e. The highest BCUT2D eigenvalue weighted by Gasteiger charge is 2.39. The summed E-state index contributed by atoms with van der Waals surface area (Å²) < 4.78 is 47.8. The zero-order valence-electron chi connectivity index (χ0n) is 38.5. The fraction of sp³-hybridized carbons (Fsp3) is 0.783. The molecule has 0 aromatic rings. The van der Waals surface area contributed by atoms with Gasteiger partial charge in [0.05, 0.1) is 38.1 Å². The third-order valence-corrected chi connectivity index (χ3v) is 12.2. The summed E-state index contributed by atoms with van der Waals surface area (Å²) in [5, 5.41) is 41.2. The van der Waals surface area contributed by atoms with E-state index < -0.39 is 84.5 Å². The maximum atomic E-state index is 12.8. The standard InChI is InChI=1S/C46H82O16P2/c1-3-5-7-8-9-10-11-12-13-14-15-16-17-18-19-20-25-29-45(51)58-36-40(37-61-64(56,57)60-35-39(48)34-59-63(53,54)55)62-46(52)30-26-22-21-24-28-41-42(44(50)33-43(41)49)32-31-38(47)27-23-6-4-2/h12-13,15-16,18-19,31-32,38-44,47-50H,3-11,14,17,20-30,33-37H2,1-2H3,(H,56,57)(H2,53,54,55)/b13-12-,16-15-,19-18-,32-31+/t38-,39-,40+,41+,42+,43-,44+/m0/s1. The molecule has 0 radical (unpaired) electrons. The average Bonchev–Trinajstić information content (AvgIpc) is 3.51. The van der Waals surface area contributed by atoms with E-state index in [1.165, 1.54) is 38.5 Å². The van der Waals surface area contributed by atoms with Crippen molar-refractivity contribution >= 4 is 27.6 Å². The van der Waals surface area contributed by atoms with Crippen LogP contribution in [0.2, 0.25) is 0 Å². The molecule has 7 N–H and O–H groups in total. The lowest BCUT2D eigenvalue weighted by Crippen LogP contribution is -2.30. The highest BCUT2D eigenvalue weighted by molar-refractivity contribution is 7.47. The van der Waals surface area contributed by atoms with Crippen LogP contribution in [-0.2, 0) is 41.8 Å². The van der Waals surface area contributed by atoms with Crippen molar-refractivity contribution in [2.75, 3.05) is 26.4 Å². The molecule has 16 nitrogen and oxygen atoms in total. The predicted molar refractivity (Wildman–Crippen MR) is 246 cm³/mol. The molecule has 0 aliphatic heterocycles. The van der Waals surface area contributed by atoms with E-state index in [-0.39, 0.29) is 31.1 Å². The predicted octanol–water partition coefficient (Wildman–Crippen LogP) is 8.61. The minimum absolute atomic E-state index is 0.00692. The van der Waals surface area contributed by atoms with E-state index in [9.17, 15) is 44.0 Å². The van der Waals surface area contributed by atoms with Crippen LogP contribution in [0.4, 0.5) is 0 Å². The largest absolute Gasteiger partial charge is 0.472 e. The van der Waals surface area contributed by atoms with E-state index in [1.54, 1.807) is 6.08 Å². The molecule has 8 atom stereocenters. The molecule has 1 saturated carbocycles. The van der Waals surface area contributed by atoms with Gasteiger partial charge in [-0.25, -0.2) is 9.13 Å². The molecule has 0 aromatic carbocycles. The van der Waals surface area contributed by atoms with Crippen LogP contribution in [0.1, 0.15) is 162 Å². The lowest BCUT2D eigenvalue weighted by molar-refractivity contribution is -0.161. The van der Waals surface area contributed by atoms with Gasteiger partial charge in [0.25, 0.3) is 0 Å². The fourth-order valence-corrected chi connectivity index (χ4v) is 8.32. The van der Waals surface area contributed by atoms with Crippen LogP contribution in [0.3, 0.4) is 0 Å². The number of allylic oxidation sites excluding steroid dienone is 6. The number of unbranched alkanes of at least 4 members (excludes halogenated alkanes) is 12. The van der Waals surface area contributed by atoms with Crippen molar-refractivity contribution in [1.29, 1.82) is 0 Å². The maximum Gasteiger partial charge on any atom is 0.472 e. The summed E-state index contributed by atoms with van der Waals surface area (Å²) in [6, 6.07) is 0. The molecule has 0 aromatic heterocycles. The Hall–Kier alpha value is -2.04. The highest BCUT2D eigenvalue weighted by atomic mass is 31.2. The van der Waals surface area contributed by atoms with Gasteiger partial charge in [-0.3, -0.25) is 23.2 Å². The van der Waals surface area contributed by atoms with E-state index >= 15 is 0 Å². The summed E-state index contributed by atoms with van der Waals surface area (Å²) in [5.41, 5.74) is 0. The SMILES string of the molecule is CCCCCCCC/C=C\C/C=C\C/C=C\CCCC(=O)OC[C@H](COP(=O)(O)OC[C@@H](O)COP(=O)(O)O)OC(=O)CCCCCC[C@@H]1[C@@H](/C=C/[C@@H](O)CCCCC)[C@H](O)C[C@@H]1O. The number of carbonyl (C=O) groups excluding carboxylic acids is 2. The zero-order valence-corrected chi connectivity index (χ0v) is 40.2. The molecule has 1 rings (SSSR count). The Kier molecular flexibility index (Phi) is 34.7. The number of phosphoric ester groups is 2. The molecule has 0 bridgehead atoms. The van der Waals surface area contributed by atoms with Crippen LogP contribution >= 0.6 is 15.6 Å². The van der Waals surface area contributed by atoms with Crippen LogP contribution < -0.4 is 0 Å². The lowest BCUT2D eigenvalue weighted by Gasteiger charge is -2.21. The summed E-state index contributed by atoms with van der Waals surface area (Å²) >= 11 is 0. The number of aliphatic hydroxyl groups excluding tert-OH is 4. The van der Waals surface area contributed by atoms with Crippen molar-refractivity contribution in [3.63, 3.8) is 0 Å². The first-order valence-electron chi connectivity index (χ1n) is 23.6. The molecule has 64 heavy (non-hydrogen) atoms. The number of aliphatic hydroxyl groups is 4. The van der Waals surface area contributed by atoms with Gasteiger partial charge in [0, 0.05) is 25.2 Å². The molecule has 18 heteroatoms. The zero-order chi connectivity index (χ0) is 47.5. The van der Waals surface area contributed by atoms with Crippen molar-refractivity contribution in [2.24, 2.45) is 11.8 Å². The number of hydrogen-bond donors (Lipinski definition) is 7. The van der Waals surface area contributed by atoms with Gasteiger partial charge in [-0.2, -0.15) is 0 Å². The lowest BCUT2D eigenvalue weighted by atomic mass is 9.88. The van der Waals surface area contributed by atoms with Gasteiger partial charge >= 0.3 is 27.6 Å². The van der Waals surface area contributed by atoms with E-state index in [4.69, 9.17) is 23.8 Å². The topological polar surface area (TPSA) is 256 Å². The molecule has 0 amide bonds. The second-order valence-electron chi connectivity index (χ2n) is 16.6. The molecule has 1 unspecified atom stereocenters. The molecule has 0 spiro atoms. The van der Waals surface area contributed by atoms with Crippen LogP contribution in [0.25, 0.3) is 0 Å². The molecular formula is C46H82O16P2. The van der Waals surface area contributed by atoms with Crippen LogP contribution in [0.15, 0.2) is 48.6 Å². The summed E-state index contributed by atoms with van der Waals surface area (Å²) in [4.78, 5) is 53.0. The van der Waals surface area contributed by atoms with Gasteiger partial charge in [-0.1, -0.05) is 133 Å². The van der Waals surface area contributed by atoms with E-state index in [2.05, 4.69) is 47.2 Å². The molecular weight excluding hydrogens is 870 g/mol. The number of hydrogen-bond acceptors (Lipinski definition) is 13. The van der Waals surface area contributed by atoms with Gasteiger partial charge < -0.3 is 44.6 Å². The molecule has 1 aliphatic carbocycles.